The van der Waals surface area contributed by atoms with E-state index in [1.165, 1.54) is 13.8 Å². The van der Waals surface area contributed by atoms with E-state index in [9.17, 15) is 22.0 Å². The van der Waals surface area contributed by atoms with Gasteiger partial charge in [0.2, 0.25) is 0 Å². The predicted octanol–water partition coefficient (Wildman–Crippen LogP) is 4.86. The van der Waals surface area contributed by atoms with Crippen molar-refractivity contribution >= 4 is 5.69 Å². The molecule has 0 bridgehead atoms. The molecule has 0 saturated carbocycles. The van der Waals surface area contributed by atoms with Crippen molar-refractivity contribution in [3.8, 4) is 0 Å². The van der Waals surface area contributed by atoms with Gasteiger partial charge in [0.25, 0.3) is 0 Å². The van der Waals surface area contributed by atoms with E-state index in [-0.39, 0.29) is 11.1 Å². The monoisotopic (exact) mass is 301 g/mol. The molecule has 0 amide bonds. The van der Waals surface area contributed by atoms with Gasteiger partial charge >= 0.3 is 0 Å². The summed E-state index contributed by atoms with van der Waals surface area (Å²) in [5.74, 6) is -4.92. The number of hydrogen-bond donors (Lipinski definition) is 1. The standard InChI is InChI=1S/C15H12F5N/c1-7-3-12(18)10(6-11(7)17)8(2)21-14-5-9(16)4-13(19)15(14)20/h3-6,8,21H,1-2H3. The zero-order valence-electron chi connectivity index (χ0n) is 11.3. The van der Waals surface area contributed by atoms with E-state index in [4.69, 9.17) is 0 Å². The second-order valence-electron chi connectivity index (χ2n) is 4.74. The van der Waals surface area contributed by atoms with Gasteiger partial charge in [0.1, 0.15) is 17.5 Å². The van der Waals surface area contributed by atoms with Crippen LogP contribution in [0.4, 0.5) is 27.6 Å². The highest BCUT2D eigenvalue weighted by Crippen LogP contribution is 2.27. The smallest absolute Gasteiger partial charge is 0.182 e. The van der Waals surface area contributed by atoms with Crippen LogP contribution in [0, 0.1) is 36.0 Å². The number of anilines is 1. The van der Waals surface area contributed by atoms with Gasteiger partial charge in [0.15, 0.2) is 11.6 Å². The van der Waals surface area contributed by atoms with Crippen LogP contribution in [0.2, 0.25) is 0 Å². The van der Waals surface area contributed by atoms with E-state index in [1.807, 2.05) is 0 Å². The van der Waals surface area contributed by atoms with Crippen molar-refractivity contribution in [1.29, 1.82) is 0 Å². The second kappa shape index (κ2) is 5.71. The summed E-state index contributed by atoms with van der Waals surface area (Å²) in [6.45, 7) is 2.83. The Hall–Kier alpha value is -2.11. The first-order valence-electron chi connectivity index (χ1n) is 6.16. The molecule has 1 unspecified atom stereocenters. The molecule has 1 atom stereocenters. The number of nitrogens with one attached hydrogen (secondary N) is 1. The van der Waals surface area contributed by atoms with Gasteiger partial charge in [-0.25, -0.2) is 22.0 Å². The minimum atomic E-state index is -1.36. The van der Waals surface area contributed by atoms with Gasteiger partial charge in [0, 0.05) is 17.7 Å². The van der Waals surface area contributed by atoms with E-state index in [0.29, 0.717) is 6.07 Å². The third kappa shape index (κ3) is 3.15. The predicted molar refractivity (Wildman–Crippen MR) is 69.4 cm³/mol. The van der Waals surface area contributed by atoms with Gasteiger partial charge in [-0.3, -0.25) is 0 Å². The van der Waals surface area contributed by atoms with Gasteiger partial charge in [-0.2, -0.15) is 0 Å². The summed E-state index contributed by atoms with van der Waals surface area (Å²) >= 11 is 0. The molecule has 0 aromatic heterocycles. The van der Waals surface area contributed by atoms with Crippen molar-refractivity contribution in [2.75, 3.05) is 5.32 Å². The zero-order chi connectivity index (χ0) is 15.7. The lowest BCUT2D eigenvalue weighted by Gasteiger charge is -2.18. The molecular weight excluding hydrogens is 289 g/mol. The van der Waals surface area contributed by atoms with Crippen LogP contribution in [0.1, 0.15) is 24.1 Å². The summed E-state index contributed by atoms with van der Waals surface area (Å²) in [5.41, 5.74) is -0.394. The third-order valence-electron chi connectivity index (χ3n) is 3.11. The largest absolute Gasteiger partial charge is 0.376 e. The number of hydrogen-bond acceptors (Lipinski definition) is 1. The molecule has 112 valence electrons. The maximum absolute atomic E-state index is 13.8. The van der Waals surface area contributed by atoms with Crippen LogP contribution in [0.3, 0.4) is 0 Å². The Morgan fingerprint density at radius 1 is 0.857 bits per heavy atom. The van der Waals surface area contributed by atoms with Crippen LogP contribution < -0.4 is 5.32 Å². The lowest BCUT2D eigenvalue weighted by atomic mass is 10.0. The topological polar surface area (TPSA) is 12.0 Å². The van der Waals surface area contributed by atoms with Gasteiger partial charge in [0.05, 0.1) is 11.7 Å². The van der Waals surface area contributed by atoms with E-state index in [0.717, 1.165) is 18.2 Å². The minimum Gasteiger partial charge on any atom is -0.376 e. The maximum atomic E-state index is 13.8. The first-order valence-corrected chi connectivity index (χ1v) is 6.16. The molecule has 2 aromatic carbocycles. The van der Waals surface area contributed by atoms with Crippen molar-refractivity contribution in [2.45, 2.75) is 19.9 Å². The molecule has 0 aliphatic carbocycles. The summed E-state index contributed by atoms with van der Waals surface area (Å²) in [7, 11) is 0. The molecule has 6 heteroatoms. The molecular formula is C15H12F5N. The average molecular weight is 301 g/mol. The Morgan fingerprint density at radius 2 is 1.52 bits per heavy atom. The Balaban J connectivity index is 2.34. The average Bonchev–Trinajstić information content (AvgIpc) is 2.39. The summed E-state index contributed by atoms with van der Waals surface area (Å²) < 4.78 is 67.0. The van der Waals surface area contributed by atoms with E-state index in [2.05, 4.69) is 5.32 Å². The fourth-order valence-electron chi connectivity index (χ4n) is 1.97. The Kier molecular flexibility index (Phi) is 4.16. The molecule has 2 rings (SSSR count). The van der Waals surface area contributed by atoms with Crippen LogP contribution in [0.25, 0.3) is 0 Å². The van der Waals surface area contributed by atoms with Crippen molar-refractivity contribution in [2.24, 2.45) is 0 Å². The van der Waals surface area contributed by atoms with E-state index >= 15 is 0 Å². The van der Waals surface area contributed by atoms with Gasteiger partial charge in [-0.15, -0.1) is 0 Å². The quantitative estimate of drug-likeness (QED) is 0.630. The lowest BCUT2D eigenvalue weighted by Crippen LogP contribution is -2.11. The second-order valence-corrected chi connectivity index (χ2v) is 4.74. The van der Waals surface area contributed by atoms with Gasteiger partial charge < -0.3 is 5.32 Å². The molecule has 0 aliphatic rings. The molecule has 0 fully saturated rings. The lowest BCUT2D eigenvalue weighted by molar-refractivity contribution is 0.496. The van der Waals surface area contributed by atoms with Gasteiger partial charge in [-0.05, 0) is 31.5 Å². The molecule has 2 aromatic rings. The maximum Gasteiger partial charge on any atom is 0.182 e. The summed E-state index contributed by atoms with van der Waals surface area (Å²) in [6, 6.07) is 2.24. The van der Waals surface area contributed by atoms with Crippen molar-refractivity contribution in [3.63, 3.8) is 0 Å². The molecule has 0 aliphatic heterocycles. The van der Waals surface area contributed by atoms with Crippen molar-refractivity contribution in [1.82, 2.24) is 0 Å². The molecule has 0 saturated heterocycles. The normalized spacial score (nSPS) is 12.3. The van der Waals surface area contributed by atoms with Crippen LogP contribution in [0.15, 0.2) is 24.3 Å². The Labute approximate surface area is 118 Å². The molecule has 0 spiro atoms. The van der Waals surface area contributed by atoms with Crippen LogP contribution >= 0.6 is 0 Å². The SMILES string of the molecule is Cc1cc(F)c(C(C)Nc2cc(F)cc(F)c2F)cc1F. The highest BCUT2D eigenvalue weighted by molar-refractivity contribution is 5.48. The van der Waals surface area contributed by atoms with Gasteiger partial charge in [-0.1, -0.05) is 0 Å². The van der Waals surface area contributed by atoms with Crippen molar-refractivity contribution in [3.05, 3.63) is 64.5 Å². The van der Waals surface area contributed by atoms with Crippen molar-refractivity contribution < 1.29 is 22.0 Å². The summed E-state index contributed by atoms with van der Waals surface area (Å²) in [5, 5.41) is 2.43. The number of benzene rings is 2. The molecule has 1 nitrogen and oxygen atoms in total. The zero-order valence-corrected chi connectivity index (χ0v) is 11.3. The first kappa shape index (κ1) is 15.3. The number of aryl methyl sites for hydroxylation is 1. The Morgan fingerprint density at radius 3 is 2.19 bits per heavy atom. The number of rotatable bonds is 3. The highest BCUT2D eigenvalue weighted by Gasteiger charge is 2.17. The minimum absolute atomic E-state index is 0.0674. The molecule has 21 heavy (non-hydrogen) atoms. The van der Waals surface area contributed by atoms with Crippen LogP contribution in [-0.4, -0.2) is 0 Å². The van der Waals surface area contributed by atoms with Crippen LogP contribution in [-0.2, 0) is 0 Å². The summed E-state index contributed by atoms with van der Waals surface area (Å²) in [4.78, 5) is 0. The highest BCUT2D eigenvalue weighted by atomic mass is 19.2. The van der Waals surface area contributed by atoms with E-state index < -0.39 is 40.8 Å². The fraction of sp³-hybridized carbons (Fsp3) is 0.200. The Bertz CT molecular complexity index is 684. The van der Waals surface area contributed by atoms with Crippen LogP contribution in [0.5, 0.6) is 0 Å². The fourth-order valence-corrected chi connectivity index (χ4v) is 1.97. The molecule has 1 N–H and O–H groups in total. The molecule has 0 heterocycles. The first-order chi connectivity index (χ1) is 9.79. The number of halogens is 5. The third-order valence-corrected chi connectivity index (χ3v) is 3.11. The summed E-state index contributed by atoms with van der Waals surface area (Å²) in [6.07, 6.45) is 0. The van der Waals surface area contributed by atoms with E-state index in [1.54, 1.807) is 0 Å². The molecule has 0 radical (unpaired) electrons.